The van der Waals surface area contributed by atoms with Gasteiger partial charge in [-0.2, -0.15) is 0 Å². The average molecular weight is 353 g/mol. The number of fused-ring (bicyclic) bond motifs is 3. The number of hydrogen-bond acceptors (Lipinski definition) is 2. The predicted molar refractivity (Wildman–Crippen MR) is 106 cm³/mol. The van der Waals surface area contributed by atoms with Gasteiger partial charge < -0.3 is 9.88 Å². The molecule has 0 saturated carbocycles. The van der Waals surface area contributed by atoms with E-state index in [2.05, 4.69) is 40.3 Å². The summed E-state index contributed by atoms with van der Waals surface area (Å²) in [5.41, 5.74) is 5.36. The molecule has 132 valence electrons. The number of aromatic nitrogens is 2. The summed E-state index contributed by atoms with van der Waals surface area (Å²) in [6, 6.07) is 22.1. The molecule has 0 radical (unpaired) electrons. The fraction of sp³-hybridized carbons (Fsp3) is 0.130. The van der Waals surface area contributed by atoms with Gasteiger partial charge in [-0.15, -0.1) is 0 Å². The normalized spacial score (nSPS) is 16.3. The third-order valence-corrected chi connectivity index (χ3v) is 5.34. The fourth-order valence-corrected chi connectivity index (χ4v) is 4.10. The molecule has 4 nitrogen and oxygen atoms in total. The minimum absolute atomic E-state index is 0.0376. The number of amides is 1. The van der Waals surface area contributed by atoms with Gasteiger partial charge in [-0.05, 0) is 35.7 Å². The first kappa shape index (κ1) is 15.8. The summed E-state index contributed by atoms with van der Waals surface area (Å²) in [7, 11) is 0. The lowest BCUT2D eigenvalue weighted by Crippen LogP contribution is -2.40. The van der Waals surface area contributed by atoms with Gasteiger partial charge in [0.15, 0.2) is 0 Å². The Hall–Kier alpha value is -3.40. The van der Waals surface area contributed by atoms with Crippen molar-refractivity contribution in [2.45, 2.75) is 12.5 Å². The zero-order valence-electron chi connectivity index (χ0n) is 14.8. The van der Waals surface area contributed by atoms with Gasteiger partial charge >= 0.3 is 0 Å². The molecule has 1 amide bonds. The predicted octanol–water partition coefficient (Wildman–Crippen LogP) is 4.35. The molecule has 1 aliphatic heterocycles. The lowest BCUT2D eigenvalue weighted by atomic mass is 9.92. The molecule has 27 heavy (non-hydrogen) atoms. The number of H-pyrrole nitrogens is 1. The lowest BCUT2D eigenvalue weighted by molar-refractivity contribution is 0.0692. The number of rotatable bonds is 2. The zero-order chi connectivity index (χ0) is 18.2. The van der Waals surface area contributed by atoms with Gasteiger partial charge in [-0.25, -0.2) is 0 Å². The van der Waals surface area contributed by atoms with Crippen molar-refractivity contribution >= 4 is 16.8 Å². The Kier molecular flexibility index (Phi) is 3.75. The highest BCUT2D eigenvalue weighted by atomic mass is 16.2. The third-order valence-electron chi connectivity index (χ3n) is 5.34. The molecule has 2 aromatic carbocycles. The maximum absolute atomic E-state index is 13.3. The maximum atomic E-state index is 13.3. The zero-order valence-corrected chi connectivity index (χ0v) is 14.8. The van der Waals surface area contributed by atoms with Gasteiger partial charge in [0.25, 0.3) is 5.91 Å². The smallest absolute Gasteiger partial charge is 0.254 e. The molecule has 1 aliphatic rings. The Morgan fingerprint density at radius 1 is 0.963 bits per heavy atom. The van der Waals surface area contributed by atoms with Crippen LogP contribution < -0.4 is 0 Å². The van der Waals surface area contributed by atoms with Crippen LogP contribution in [0.4, 0.5) is 0 Å². The molecule has 4 heteroatoms. The van der Waals surface area contributed by atoms with Crippen molar-refractivity contribution in [3.63, 3.8) is 0 Å². The third kappa shape index (κ3) is 2.61. The van der Waals surface area contributed by atoms with Crippen LogP contribution in [-0.2, 0) is 6.42 Å². The van der Waals surface area contributed by atoms with E-state index >= 15 is 0 Å². The van der Waals surface area contributed by atoms with Gasteiger partial charge in [0.1, 0.15) is 0 Å². The van der Waals surface area contributed by atoms with Crippen molar-refractivity contribution in [3.8, 4) is 0 Å². The summed E-state index contributed by atoms with van der Waals surface area (Å²) in [5.74, 6) is 0.0376. The Morgan fingerprint density at radius 3 is 2.52 bits per heavy atom. The van der Waals surface area contributed by atoms with Gasteiger partial charge in [0.05, 0.1) is 6.04 Å². The van der Waals surface area contributed by atoms with Gasteiger partial charge in [0, 0.05) is 41.1 Å². The highest BCUT2D eigenvalue weighted by Crippen LogP contribution is 2.38. The standard InChI is InChI=1S/C23H19N3O/c27-23(17-10-13-24-14-11-17)26-15-12-19-18-8-4-5-9-20(18)25-21(19)22(26)16-6-2-1-3-7-16/h1-11,13-14,22,25H,12,15H2. The summed E-state index contributed by atoms with van der Waals surface area (Å²) in [6.07, 6.45) is 4.19. The molecule has 3 heterocycles. The minimum atomic E-state index is -0.122. The Balaban J connectivity index is 1.67. The molecule has 1 unspecified atom stereocenters. The molecule has 1 atom stereocenters. The van der Waals surface area contributed by atoms with E-state index in [-0.39, 0.29) is 11.9 Å². The second kappa shape index (κ2) is 6.40. The van der Waals surface area contributed by atoms with Crippen LogP contribution in [0.5, 0.6) is 0 Å². The van der Waals surface area contributed by atoms with Crippen LogP contribution in [0.3, 0.4) is 0 Å². The van der Waals surface area contributed by atoms with Crippen molar-refractivity contribution in [3.05, 3.63) is 102 Å². The molecule has 5 rings (SSSR count). The molecule has 0 saturated heterocycles. The number of hydrogen-bond donors (Lipinski definition) is 1. The lowest BCUT2D eigenvalue weighted by Gasteiger charge is -2.36. The molecular weight excluding hydrogens is 334 g/mol. The van der Waals surface area contributed by atoms with E-state index in [1.165, 1.54) is 10.9 Å². The van der Waals surface area contributed by atoms with Crippen molar-refractivity contribution in [2.75, 3.05) is 6.54 Å². The van der Waals surface area contributed by atoms with E-state index in [0.717, 1.165) is 23.2 Å². The summed E-state index contributed by atoms with van der Waals surface area (Å²) >= 11 is 0. The molecule has 2 aromatic heterocycles. The number of carbonyl (C=O) groups excluding carboxylic acids is 1. The topological polar surface area (TPSA) is 49.0 Å². The van der Waals surface area contributed by atoms with E-state index < -0.39 is 0 Å². The van der Waals surface area contributed by atoms with Crippen LogP contribution in [0.25, 0.3) is 10.9 Å². The quantitative estimate of drug-likeness (QED) is 0.582. The van der Waals surface area contributed by atoms with Crippen LogP contribution in [0, 0.1) is 0 Å². The summed E-state index contributed by atoms with van der Waals surface area (Å²) in [6.45, 7) is 0.690. The van der Waals surface area contributed by atoms with Gasteiger partial charge in [0.2, 0.25) is 0 Å². The first-order chi connectivity index (χ1) is 13.3. The van der Waals surface area contributed by atoms with E-state index in [1.807, 2.05) is 29.2 Å². The summed E-state index contributed by atoms with van der Waals surface area (Å²) in [5, 5.41) is 1.25. The second-order valence-electron chi connectivity index (χ2n) is 6.86. The number of benzene rings is 2. The number of para-hydroxylation sites is 1. The van der Waals surface area contributed by atoms with Crippen molar-refractivity contribution in [2.24, 2.45) is 0 Å². The van der Waals surface area contributed by atoms with E-state index in [4.69, 9.17) is 0 Å². The Labute approximate surface area is 157 Å². The average Bonchev–Trinajstić information content (AvgIpc) is 3.12. The first-order valence-corrected chi connectivity index (χ1v) is 9.18. The van der Waals surface area contributed by atoms with Crippen LogP contribution in [0.1, 0.15) is 33.2 Å². The Bertz CT molecular complexity index is 1100. The minimum Gasteiger partial charge on any atom is -0.356 e. The molecule has 0 spiro atoms. The highest BCUT2D eigenvalue weighted by Gasteiger charge is 2.34. The van der Waals surface area contributed by atoms with E-state index in [1.54, 1.807) is 24.5 Å². The summed E-state index contributed by atoms with van der Waals surface area (Å²) in [4.78, 5) is 22.9. The fourth-order valence-electron chi connectivity index (χ4n) is 4.10. The van der Waals surface area contributed by atoms with Gasteiger partial charge in [-0.1, -0.05) is 48.5 Å². The molecule has 0 bridgehead atoms. The van der Waals surface area contributed by atoms with Gasteiger partial charge in [-0.3, -0.25) is 9.78 Å². The molecule has 4 aromatic rings. The van der Waals surface area contributed by atoms with E-state index in [9.17, 15) is 4.79 Å². The van der Waals surface area contributed by atoms with Crippen molar-refractivity contribution < 1.29 is 4.79 Å². The summed E-state index contributed by atoms with van der Waals surface area (Å²) < 4.78 is 0. The molecule has 0 aliphatic carbocycles. The number of pyridine rings is 1. The monoisotopic (exact) mass is 353 g/mol. The van der Waals surface area contributed by atoms with Crippen molar-refractivity contribution in [1.29, 1.82) is 0 Å². The molecule has 0 fully saturated rings. The largest absolute Gasteiger partial charge is 0.356 e. The number of nitrogens with zero attached hydrogens (tertiary/aromatic N) is 2. The van der Waals surface area contributed by atoms with Crippen LogP contribution in [0.15, 0.2) is 79.1 Å². The number of nitrogens with one attached hydrogen (secondary N) is 1. The van der Waals surface area contributed by atoms with Crippen LogP contribution in [0.2, 0.25) is 0 Å². The first-order valence-electron chi connectivity index (χ1n) is 9.18. The molecular formula is C23H19N3O. The van der Waals surface area contributed by atoms with Crippen LogP contribution in [-0.4, -0.2) is 27.3 Å². The number of aromatic amines is 1. The Morgan fingerprint density at radius 2 is 1.70 bits per heavy atom. The van der Waals surface area contributed by atoms with Crippen molar-refractivity contribution in [1.82, 2.24) is 14.9 Å². The maximum Gasteiger partial charge on any atom is 0.254 e. The SMILES string of the molecule is O=C(c1ccncc1)N1CCc2c([nH]c3ccccc23)C1c1ccccc1. The highest BCUT2D eigenvalue weighted by molar-refractivity contribution is 5.95. The number of carbonyl (C=O) groups is 1. The second-order valence-corrected chi connectivity index (χ2v) is 6.86. The molecule has 1 N–H and O–H groups in total. The van der Waals surface area contributed by atoms with Crippen LogP contribution >= 0.6 is 0 Å². The van der Waals surface area contributed by atoms with E-state index in [0.29, 0.717) is 12.1 Å².